The highest BCUT2D eigenvalue weighted by Crippen LogP contribution is 2.37. The Bertz CT molecular complexity index is 2310. The third kappa shape index (κ3) is 12.5. The van der Waals surface area contributed by atoms with Crippen LogP contribution in [0.2, 0.25) is 0 Å². The fourth-order valence-electron chi connectivity index (χ4n) is 8.66. The van der Waals surface area contributed by atoms with E-state index in [0.29, 0.717) is 13.2 Å². The first-order valence-corrected chi connectivity index (χ1v) is 22.3. The first-order valence-electron chi connectivity index (χ1n) is 22.3. The summed E-state index contributed by atoms with van der Waals surface area (Å²) in [6.07, 6.45) is 13.7. The van der Waals surface area contributed by atoms with Crippen LogP contribution in [-0.2, 0) is 38.2 Å². The molecule has 3 aliphatic rings. The van der Waals surface area contributed by atoms with Crippen molar-refractivity contribution in [2.75, 3.05) is 60.6 Å². The normalized spacial score (nSPS) is 17.2. The molecule has 1 amide bonds. The lowest BCUT2D eigenvalue weighted by molar-refractivity contribution is -0.00157. The number of likely N-dealkylation sites (N-methyl/N-ethyl adjacent to an activating group) is 3. The van der Waals surface area contributed by atoms with E-state index >= 15 is 0 Å². The molecule has 3 aromatic heterocycles. The summed E-state index contributed by atoms with van der Waals surface area (Å²) in [7, 11) is 5.67. The van der Waals surface area contributed by atoms with Crippen LogP contribution in [0.15, 0.2) is 128 Å². The van der Waals surface area contributed by atoms with Crippen molar-refractivity contribution in [3.63, 3.8) is 0 Å². The first kappa shape index (κ1) is 48.6. The third-order valence-electron chi connectivity index (χ3n) is 11.6. The van der Waals surface area contributed by atoms with E-state index in [0.717, 1.165) is 56.7 Å². The van der Waals surface area contributed by atoms with Crippen molar-refractivity contribution in [2.45, 2.75) is 71.4 Å². The van der Waals surface area contributed by atoms with E-state index in [2.05, 4.69) is 98.4 Å². The summed E-state index contributed by atoms with van der Waals surface area (Å²) in [5, 5.41) is 6.41. The standard InChI is InChI=1S/C21H26N2O3.2C16H18N2O.CH4/c1-21(2,3)26-20(24)23(4)14-19-18-7-5-6-16(17(18)10-13-25-19)15-8-11-22-12-9-15;2*1-17-11-16-15-4-2-3-13(14(15)7-10-19-16)12-5-8-18-9-6-12;/h5-9,11-12,19H,10,13-14H2,1-4H3;2*2-6,8-9,16-17H,7,10-11H2,1H3;1H4/t19-;2*16-;/m110./s1. The van der Waals surface area contributed by atoms with Gasteiger partial charge in [0.05, 0.1) is 38.6 Å². The molecule has 0 saturated carbocycles. The Kier molecular flexibility index (Phi) is 17.5. The van der Waals surface area contributed by atoms with Gasteiger partial charge >= 0.3 is 6.09 Å². The van der Waals surface area contributed by atoms with Gasteiger partial charge in [-0.3, -0.25) is 15.0 Å². The van der Waals surface area contributed by atoms with Crippen molar-refractivity contribution in [1.29, 1.82) is 0 Å². The average Bonchev–Trinajstić information content (AvgIpc) is 3.32. The Morgan fingerprint density at radius 2 is 0.923 bits per heavy atom. The lowest BCUT2D eigenvalue weighted by atomic mass is 9.90. The van der Waals surface area contributed by atoms with Gasteiger partial charge in [0.1, 0.15) is 11.7 Å². The summed E-state index contributed by atoms with van der Waals surface area (Å²) < 4.78 is 23.2. The molecule has 6 aromatic rings. The summed E-state index contributed by atoms with van der Waals surface area (Å²) in [5.74, 6) is 0. The minimum absolute atomic E-state index is 0. The van der Waals surface area contributed by atoms with Crippen LogP contribution in [0.4, 0.5) is 4.79 Å². The maximum absolute atomic E-state index is 12.3. The number of carbonyl (C=O) groups excluding carboxylic acids is 1. The average molecular weight is 879 g/mol. The maximum Gasteiger partial charge on any atom is 0.410 e. The molecule has 342 valence electrons. The quantitative estimate of drug-likeness (QED) is 0.145. The highest BCUT2D eigenvalue weighted by atomic mass is 16.6. The van der Waals surface area contributed by atoms with Crippen LogP contribution in [0.1, 0.15) is 79.9 Å². The van der Waals surface area contributed by atoms with E-state index in [1.165, 1.54) is 55.6 Å². The minimum atomic E-state index is -0.509. The highest BCUT2D eigenvalue weighted by Gasteiger charge is 2.28. The zero-order valence-corrected chi connectivity index (χ0v) is 38.1. The van der Waals surface area contributed by atoms with E-state index in [1.807, 2.05) is 90.2 Å². The van der Waals surface area contributed by atoms with E-state index < -0.39 is 5.60 Å². The monoisotopic (exact) mass is 879 g/mol. The number of rotatable bonds is 9. The number of ether oxygens (including phenoxy) is 4. The largest absolute Gasteiger partial charge is 0.444 e. The van der Waals surface area contributed by atoms with Crippen LogP contribution in [0.5, 0.6) is 0 Å². The molecule has 0 bridgehead atoms. The van der Waals surface area contributed by atoms with E-state index in [9.17, 15) is 4.79 Å². The lowest BCUT2D eigenvalue weighted by Gasteiger charge is -2.32. The summed E-state index contributed by atoms with van der Waals surface area (Å²) in [6.45, 7) is 10.00. The predicted octanol–water partition coefficient (Wildman–Crippen LogP) is 10.0. The van der Waals surface area contributed by atoms with Crippen LogP contribution in [-0.4, -0.2) is 92.1 Å². The van der Waals surface area contributed by atoms with Gasteiger partial charge in [-0.1, -0.05) is 62.0 Å². The first-order chi connectivity index (χ1) is 31.1. The number of fused-ring (bicyclic) bond motifs is 3. The van der Waals surface area contributed by atoms with Crippen LogP contribution in [0.25, 0.3) is 33.4 Å². The van der Waals surface area contributed by atoms with Crippen molar-refractivity contribution in [3.8, 4) is 33.4 Å². The minimum Gasteiger partial charge on any atom is -0.444 e. The summed E-state index contributed by atoms with van der Waals surface area (Å²) >= 11 is 0. The molecule has 9 rings (SSSR count). The Morgan fingerprint density at radius 1 is 0.585 bits per heavy atom. The Hall–Kier alpha value is -5.82. The number of carbonyl (C=O) groups is 1. The van der Waals surface area contributed by atoms with E-state index in [-0.39, 0.29) is 31.8 Å². The number of benzene rings is 3. The van der Waals surface area contributed by atoms with Crippen LogP contribution in [0, 0.1) is 0 Å². The van der Waals surface area contributed by atoms with Crippen molar-refractivity contribution in [1.82, 2.24) is 30.5 Å². The summed E-state index contributed by atoms with van der Waals surface area (Å²) in [5.41, 5.74) is 14.8. The molecule has 0 fully saturated rings. The van der Waals surface area contributed by atoms with Gasteiger partial charge in [-0.2, -0.15) is 0 Å². The van der Waals surface area contributed by atoms with Gasteiger partial charge in [0.25, 0.3) is 0 Å². The lowest BCUT2D eigenvalue weighted by Crippen LogP contribution is -2.38. The number of nitrogens with one attached hydrogen (secondary N) is 2. The van der Waals surface area contributed by atoms with Gasteiger partial charge in [0.2, 0.25) is 0 Å². The molecule has 3 aromatic carbocycles. The molecule has 0 radical (unpaired) electrons. The van der Waals surface area contributed by atoms with Crippen molar-refractivity contribution >= 4 is 6.09 Å². The van der Waals surface area contributed by atoms with E-state index in [1.54, 1.807) is 11.9 Å². The summed E-state index contributed by atoms with van der Waals surface area (Å²) in [6, 6.07) is 31.6. The highest BCUT2D eigenvalue weighted by molar-refractivity contribution is 5.71. The molecular weight excluding hydrogens is 813 g/mol. The molecule has 65 heavy (non-hydrogen) atoms. The van der Waals surface area contributed by atoms with E-state index in [4.69, 9.17) is 18.9 Å². The van der Waals surface area contributed by atoms with Gasteiger partial charge in [-0.15, -0.1) is 0 Å². The predicted molar refractivity (Wildman–Crippen MR) is 260 cm³/mol. The molecule has 0 spiro atoms. The molecule has 0 unspecified atom stereocenters. The van der Waals surface area contributed by atoms with Gasteiger partial charge in [0.15, 0.2) is 0 Å². The number of pyridine rings is 3. The van der Waals surface area contributed by atoms with Crippen LogP contribution < -0.4 is 10.6 Å². The van der Waals surface area contributed by atoms with Crippen molar-refractivity contribution in [3.05, 3.63) is 162 Å². The zero-order chi connectivity index (χ0) is 44.9. The molecule has 3 aliphatic heterocycles. The number of amides is 1. The third-order valence-corrected chi connectivity index (χ3v) is 11.6. The Balaban J connectivity index is 0.000000163. The second kappa shape index (κ2) is 23.4. The molecule has 11 heteroatoms. The van der Waals surface area contributed by atoms with Crippen molar-refractivity contribution in [2.24, 2.45) is 0 Å². The van der Waals surface area contributed by atoms with Crippen LogP contribution >= 0.6 is 0 Å². The SMILES string of the molecule is C.CN(C[C@H]1OCCc2c(-c3ccncc3)cccc21)C(=O)OC(C)(C)C.CNC[C@@H]1OCCc2c(-c3ccncc3)cccc21.CNC[C@H]1OCCc2c(-c3ccncc3)cccc21. The molecule has 0 aliphatic carbocycles. The number of hydrogen-bond donors (Lipinski definition) is 2. The Labute approximate surface area is 386 Å². The van der Waals surface area contributed by atoms with Gasteiger partial charge < -0.3 is 34.5 Å². The summed E-state index contributed by atoms with van der Waals surface area (Å²) in [4.78, 5) is 26.1. The Morgan fingerprint density at radius 3 is 1.26 bits per heavy atom. The molecule has 11 nitrogen and oxygen atoms in total. The molecule has 6 heterocycles. The van der Waals surface area contributed by atoms with Crippen molar-refractivity contribution < 1.29 is 23.7 Å². The van der Waals surface area contributed by atoms with Crippen LogP contribution in [0.3, 0.4) is 0 Å². The number of nitrogens with zero attached hydrogens (tertiary/aromatic N) is 4. The van der Waals surface area contributed by atoms with Gasteiger partial charge in [-0.05, 0) is 157 Å². The number of aromatic nitrogens is 3. The topological polar surface area (TPSA) is 120 Å². The second-order valence-corrected chi connectivity index (χ2v) is 17.1. The molecule has 3 atom stereocenters. The number of hydrogen-bond acceptors (Lipinski definition) is 10. The fraction of sp³-hybridized carbons (Fsp3) is 0.370. The van der Waals surface area contributed by atoms with Gasteiger partial charge in [0, 0.05) is 57.3 Å². The zero-order valence-electron chi connectivity index (χ0n) is 38.1. The second-order valence-electron chi connectivity index (χ2n) is 17.1. The molecule has 2 N–H and O–H groups in total. The fourth-order valence-corrected chi connectivity index (χ4v) is 8.66. The molecular formula is C54H66N6O5. The smallest absolute Gasteiger partial charge is 0.410 e. The maximum atomic E-state index is 12.3. The van der Waals surface area contributed by atoms with Gasteiger partial charge in [-0.25, -0.2) is 4.79 Å². The molecule has 0 saturated heterocycles.